The molecular formula is C19H23O2S-. The summed E-state index contributed by atoms with van der Waals surface area (Å²) in [5.74, 6) is 0. The number of aryl methyl sites for hydroxylation is 1. The van der Waals surface area contributed by atoms with Gasteiger partial charge in [-0.15, -0.1) is 41.8 Å². The average Bonchev–Trinajstić information content (AvgIpc) is 2.42. The van der Waals surface area contributed by atoms with Gasteiger partial charge in [-0.1, -0.05) is 35.4 Å². The topological polar surface area (TPSA) is 34.1 Å². The molecule has 2 aromatic rings. The predicted molar refractivity (Wildman–Crippen MR) is 92.8 cm³/mol. The average molecular weight is 315 g/mol. The fourth-order valence-electron chi connectivity index (χ4n) is 2.21. The van der Waals surface area contributed by atoms with Gasteiger partial charge in [-0.05, 0) is 27.2 Å². The monoisotopic (exact) mass is 315 g/mol. The highest BCUT2D eigenvalue weighted by molar-refractivity contribution is 7.92. The van der Waals surface area contributed by atoms with E-state index in [1.54, 1.807) is 13.8 Å². The lowest BCUT2D eigenvalue weighted by atomic mass is 9.98. The van der Waals surface area contributed by atoms with E-state index in [0.717, 1.165) is 16.7 Å². The van der Waals surface area contributed by atoms with Gasteiger partial charge in [0, 0.05) is 6.26 Å². The standard InChI is InChI=1S/C19H23O2S/c1-15-5-7-16(8-6-15)13-17-9-11-18(12-10-17)14-19(2,3)22(4,20)21/h5-13H,14H2,1-4H3/q-1. The largest absolute Gasteiger partial charge is 0.229 e. The zero-order valence-electron chi connectivity index (χ0n) is 13.6. The third-order valence-corrected chi connectivity index (χ3v) is 6.18. The van der Waals surface area contributed by atoms with Crippen molar-refractivity contribution < 1.29 is 8.42 Å². The number of benzene rings is 2. The Morgan fingerprint density at radius 1 is 0.909 bits per heavy atom. The molecule has 2 nitrogen and oxygen atoms in total. The molecule has 2 rings (SSSR count). The van der Waals surface area contributed by atoms with Crippen LogP contribution in [0.3, 0.4) is 0 Å². The fourth-order valence-corrected chi connectivity index (χ4v) is 2.64. The van der Waals surface area contributed by atoms with Crippen molar-refractivity contribution in [3.63, 3.8) is 0 Å². The lowest BCUT2D eigenvalue weighted by molar-refractivity contribution is 0.550. The molecule has 0 aliphatic rings. The first kappa shape index (κ1) is 16.6. The van der Waals surface area contributed by atoms with E-state index in [1.807, 2.05) is 24.3 Å². The third kappa shape index (κ3) is 4.14. The van der Waals surface area contributed by atoms with E-state index in [0.29, 0.717) is 6.42 Å². The molecule has 0 unspecified atom stereocenters. The molecular weight excluding hydrogens is 292 g/mol. The molecule has 22 heavy (non-hydrogen) atoms. The Kier molecular flexibility index (Phi) is 4.66. The molecule has 0 fully saturated rings. The van der Waals surface area contributed by atoms with Gasteiger partial charge in [0.2, 0.25) is 0 Å². The first-order chi connectivity index (χ1) is 10.2. The number of hydrogen-bond donors (Lipinski definition) is 0. The van der Waals surface area contributed by atoms with Crippen molar-refractivity contribution >= 4 is 9.84 Å². The van der Waals surface area contributed by atoms with Gasteiger partial charge in [0.25, 0.3) is 0 Å². The molecule has 0 bridgehead atoms. The van der Waals surface area contributed by atoms with Gasteiger partial charge in [-0.3, -0.25) is 0 Å². The quantitative estimate of drug-likeness (QED) is 0.783. The van der Waals surface area contributed by atoms with Gasteiger partial charge in [0.1, 0.15) is 0 Å². The predicted octanol–water partition coefficient (Wildman–Crippen LogP) is 3.96. The van der Waals surface area contributed by atoms with Crippen molar-refractivity contribution in [1.82, 2.24) is 0 Å². The molecule has 0 amide bonds. The highest BCUT2D eigenvalue weighted by atomic mass is 32.2. The summed E-state index contributed by atoms with van der Waals surface area (Å²) < 4.78 is 22.8. The first-order valence-corrected chi connectivity index (χ1v) is 9.26. The Balaban J connectivity index is 2.09. The van der Waals surface area contributed by atoms with Crippen molar-refractivity contribution in [1.29, 1.82) is 0 Å². The van der Waals surface area contributed by atoms with Crippen LogP contribution < -0.4 is 0 Å². The maximum atomic E-state index is 11.8. The summed E-state index contributed by atoms with van der Waals surface area (Å²) in [5, 5.41) is 0. The minimum atomic E-state index is -3.07. The number of hydrogen-bond acceptors (Lipinski definition) is 2. The summed E-state index contributed by atoms with van der Waals surface area (Å²) in [7, 11) is -3.07. The summed E-state index contributed by atoms with van der Waals surface area (Å²) in [6, 6.07) is 16.5. The van der Waals surface area contributed by atoms with Crippen LogP contribution in [0.2, 0.25) is 0 Å². The van der Waals surface area contributed by atoms with Gasteiger partial charge in [-0.25, -0.2) is 8.42 Å². The number of rotatable bonds is 5. The van der Waals surface area contributed by atoms with E-state index in [1.165, 1.54) is 11.8 Å². The van der Waals surface area contributed by atoms with E-state index >= 15 is 0 Å². The van der Waals surface area contributed by atoms with E-state index in [4.69, 9.17) is 0 Å². The lowest BCUT2D eigenvalue weighted by Gasteiger charge is -2.23. The van der Waals surface area contributed by atoms with Crippen molar-refractivity contribution in [2.75, 3.05) is 6.26 Å². The molecule has 0 saturated carbocycles. The van der Waals surface area contributed by atoms with Crippen molar-refractivity contribution in [2.45, 2.75) is 31.9 Å². The lowest BCUT2D eigenvalue weighted by Crippen LogP contribution is -2.33. The minimum absolute atomic E-state index is 0.524. The molecule has 2 aromatic carbocycles. The molecule has 0 aliphatic heterocycles. The Morgan fingerprint density at radius 2 is 1.36 bits per heavy atom. The molecule has 0 aliphatic carbocycles. The summed E-state index contributed by atoms with van der Waals surface area (Å²) in [6.07, 6.45) is 3.94. The SMILES string of the molecule is Cc1ccc([CH-]c2ccc(CC(C)(C)S(C)(=O)=O)cc2)cc1. The van der Waals surface area contributed by atoms with Gasteiger partial charge in [0.15, 0.2) is 9.84 Å². The summed E-state index contributed by atoms with van der Waals surface area (Å²) >= 11 is 0. The highest BCUT2D eigenvalue weighted by Gasteiger charge is 2.29. The van der Waals surface area contributed by atoms with Crippen LogP contribution in [0, 0.1) is 13.3 Å². The van der Waals surface area contributed by atoms with Crippen LogP contribution in [0.25, 0.3) is 0 Å². The maximum Gasteiger partial charge on any atom is 0.152 e. The second-order valence-electron chi connectivity index (χ2n) is 6.51. The van der Waals surface area contributed by atoms with Crippen molar-refractivity contribution in [2.24, 2.45) is 0 Å². The van der Waals surface area contributed by atoms with Gasteiger partial charge in [-0.2, -0.15) is 0 Å². The van der Waals surface area contributed by atoms with Crippen molar-refractivity contribution in [3.8, 4) is 0 Å². The van der Waals surface area contributed by atoms with Crippen LogP contribution in [-0.2, 0) is 16.3 Å². The highest BCUT2D eigenvalue weighted by Crippen LogP contribution is 2.22. The van der Waals surface area contributed by atoms with E-state index < -0.39 is 14.6 Å². The zero-order valence-corrected chi connectivity index (χ0v) is 14.4. The van der Waals surface area contributed by atoms with Crippen LogP contribution in [0.4, 0.5) is 0 Å². The molecule has 0 heterocycles. The summed E-state index contributed by atoms with van der Waals surface area (Å²) in [6.45, 7) is 5.62. The van der Waals surface area contributed by atoms with Crippen LogP contribution in [-0.4, -0.2) is 19.4 Å². The van der Waals surface area contributed by atoms with E-state index in [-0.39, 0.29) is 0 Å². The Morgan fingerprint density at radius 3 is 1.82 bits per heavy atom. The minimum Gasteiger partial charge on any atom is -0.229 e. The normalized spacial score (nSPS) is 12.2. The smallest absolute Gasteiger partial charge is 0.152 e. The molecule has 0 atom stereocenters. The summed E-state index contributed by atoms with van der Waals surface area (Å²) in [5.41, 5.74) is 4.56. The van der Waals surface area contributed by atoms with Crippen LogP contribution >= 0.6 is 0 Å². The second kappa shape index (κ2) is 6.17. The van der Waals surface area contributed by atoms with E-state index in [9.17, 15) is 8.42 Å². The maximum absolute atomic E-state index is 11.8. The second-order valence-corrected chi connectivity index (χ2v) is 9.15. The summed E-state index contributed by atoms with van der Waals surface area (Å²) in [4.78, 5) is 0. The molecule has 0 radical (unpaired) electrons. The Labute approximate surface area is 134 Å². The molecule has 3 heteroatoms. The van der Waals surface area contributed by atoms with Gasteiger partial charge >= 0.3 is 0 Å². The fraction of sp³-hybridized carbons (Fsp3) is 0.316. The first-order valence-electron chi connectivity index (χ1n) is 7.37. The van der Waals surface area contributed by atoms with Gasteiger partial charge in [0.05, 0.1) is 4.75 Å². The molecule has 0 aromatic heterocycles. The van der Waals surface area contributed by atoms with Gasteiger partial charge < -0.3 is 0 Å². The van der Waals surface area contributed by atoms with Crippen LogP contribution in [0.15, 0.2) is 48.5 Å². The Hall–Kier alpha value is -1.74. The molecule has 0 spiro atoms. The molecule has 0 saturated heterocycles. The van der Waals surface area contributed by atoms with Crippen LogP contribution in [0.5, 0.6) is 0 Å². The molecule has 0 N–H and O–H groups in total. The van der Waals surface area contributed by atoms with Crippen molar-refractivity contribution in [3.05, 3.63) is 77.2 Å². The third-order valence-electron chi connectivity index (χ3n) is 4.02. The van der Waals surface area contributed by atoms with E-state index in [2.05, 4.69) is 37.6 Å². The zero-order chi connectivity index (χ0) is 16.4. The number of sulfone groups is 1. The Bertz CT molecular complexity index is 724. The van der Waals surface area contributed by atoms with Crippen LogP contribution in [0.1, 0.15) is 36.1 Å². The molecule has 118 valence electrons.